The van der Waals surface area contributed by atoms with E-state index in [2.05, 4.69) is 15.7 Å². The molecule has 1 aromatic rings. The number of carbonyl (C=O) groups is 1. The first kappa shape index (κ1) is 14.5. The zero-order valence-corrected chi connectivity index (χ0v) is 11.4. The van der Waals surface area contributed by atoms with Gasteiger partial charge in [0.2, 0.25) is 5.91 Å². The first-order valence-corrected chi connectivity index (χ1v) is 6.18. The van der Waals surface area contributed by atoms with Crippen molar-refractivity contribution >= 4 is 23.2 Å². The van der Waals surface area contributed by atoms with Crippen LogP contribution >= 0.6 is 11.6 Å². The Hall–Kier alpha value is -1.56. The maximum absolute atomic E-state index is 11.7. The molecule has 0 spiro atoms. The normalized spacial score (nSPS) is 12.0. The zero-order chi connectivity index (χ0) is 13.7. The Labute approximate surface area is 110 Å². The summed E-state index contributed by atoms with van der Waals surface area (Å²) >= 11 is 5.94. The lowest BCUT2D eigenvalue weighted by molar-refractivity contribution is -0.121. The molecule has 1 heterocycles. The van der Waals surface area contributed by atoms with Gasteiger partial charge in [-0.15, -0.1) is 0 Å². The second-order valence-corrected chi connectivity index (χ2v) is 4.13. The number of aryl methyl sites for hydroxylation is 1. The van der Waals surface area contributed by atoms with Gasteiger partial charge in [-0.1, -0.05) is 11.6 Å². The molecule has 1 amide bonds. The highest BCUT2D eigenvalue weighted by molar-refractivity contribution is 6.33. The lowest BCUT2D eigenvalue weighted by atomic mass is 10.3. The van der Waals surface area contributed by atoms with Crippen molar-refractivity contribution in [2.24, 2.45) is 0 Å². The standard InChI is InChI=1S/C11H17ClN4O2/c1-4-13-10(17)7(3)15-8-6-14-16(5-2)11(18)9(8)12/h6-7,15H,4-5H2,1-3H3,(H,13,17). The first-order valence-electron chi connectivity index (χ1n) is 5.81. The van der Waals surface area contributed by atoms with Gasteiger partial charge in [0.25, 0.3) is 5.56 Å². The van der Waals surface area contributed by atoms with Gasteiger partial charge in [0.15, 0.2) is 0 Å². The Balaban J connectivity index is 2.89. The van der Waals surface area contributed by atoms with Crippen LogP contribution in [-0.4, -0.2) is 28.3 Å². The van der Waals surface area contributed by atoms with Crippen molar-refractivity contribution in [1.82, 2.24) is 15.1 Å². The first-order chi connectivity index (χ1) is 8.51. The van der Waals surface area contributed by atoms with Gasteiger partial charge < -0.3 is 10.6 Å². The highest BCUT2D eigenvalue weighted by Crippen LogP contribution is 2.16. The van der Waals surface area contributed by atoms with Crippen LogP contribution in [0, 0.1) is 0 Å². The molecule has 7 heteroatoms. The topological polar surface area (TPSA) is 76.0 Å². The highest BCUT2D eigenvalue weighted by atomic mass is 35.5. The summed E-state index contributed by atoms with van der Waals surface area (Å²) in [5.41, 5.74) is -0.00242. The summed E-state index contributed by atoms with van der Waals surface area (Å²) in [6.45, 7) is 6.32. The van der Waals surface area contributed by atoms with Crippen LogP contribution in [0.15, 0.2) is 11.0 Å². The number of aromatic nitrogens is 2. The van der Waals surface area contributed by atoms with E-state index in [0.717, 1.165) is 0 Å². The maximum Gasteiger partial charge on any atom is 0.287 e. The number of carbonyl (C=O) groups excluding carboxylic acids is 1. The van der Waals surface area contributed by atoms with Gasteiger partial charge in [0.1, 0.15) is 11.1 Å². The van der Waals surface area contributed by atoms with Crippen LogP contribution in [-0.2, 0) is 11.3 Å². The van der Waals surface area contributed by atoms with Gasteiger partial charge in [0, 0.05) is 13.1 Å². The van der Waals surface area contributed by atoms with Gasteiger partial charge in [0.05, 0.1) is 11.9 Å². The number of anilines is 1. The summed E-state index contributed by atoms with van der Waals surface area (Å²) in [6.07, 6.45) is 1.45. The van der Waals surface area contributed by atoms with Crippen molar-refractivity contribution in [3.05, 3.63) is 21.6 Å². The average Bonchev–Trinajstić information content (AvgIpc) is 2.35. The Bertz CT molecular complexity index is 486. The minimum atomic E-state index is -0.485. The molecular formula is C11H17ClN4O2. The summed E-state index contributed by atoms with van der Waals surface area (Å²) < 4.78 is 1.25. The van der Waals surface area contributed by atoms with Crippen molar-refractivity contribution in [2.45, 2.75) is 33.4 Å². The van der Waals surface area contributed by atoms with Crippen molar-refractivity contribution in [3.8, 4) is 0 Å². The van der Waals surface area contributed by atoms with E-state index in [4.69, 9.17) is 11.6 Å². The van der Waals surface area contributed by atoms with E-state index < -0.39 is 6.04 Å². The van der Waals surface area contributed by atoms with Crippen molar-refractivity contribution < 1.29 is 4.79 Å². The van der Waals surface area contributed by atoms with Crippen LogP contribution in [0.4, 0.5) is 5.69 Å². The fourth-order valence-electron chi connectivity index (χ4n) is 1.42. The van der Waals surface area contributed by atoms with Crippen LogP contribution in [0.25, 0.3) is 0 Å². The second-order valence-electron chi connectivity index (χ2n) is 3.75. The third-order valence-corrected chi connectivity index (χ3v) is 2.77. The molecule has 2 N–H and O–H groups in total. The van der Waals surface area contributed by atoms with E-state index in [-0.39, 0.29) is 16.5 Å². The molecule has 0 radical (unpaired) electrons. The zero-order valence-electron chi connectivity index (χ0n) is 10.7. The average molecular weight is 273 g/mol. The number of rotatable bonds is 5. The van der Waals surface area contributed by atoms with E-state index in [0.29, 0.717) is 18.8 Å². The molecule has 6 nitrogen and oxygen atoms in total. The van der Waals surface area contributed by atoms with Crippen LogP contribution in [0.1, 0.15) is 20.8 Å². The molecular weight excluding hydrogens is 256 g/mol. The number of likely N-dealkylation sites (N-methyl/N-ethyl adjacent to an activating group) is 1. The molecule has 1 aromatic heterocycles. The van der Waals surface area contributed by atoms with Gasteiger partial charge in [-0.25, -0.2) is 4.68 Å². The number of hydrogen-bond acceptors (Lipinski definition) is 4. The van der Waals surface area contributed by atoms with Crippen LogP contribution in [0.3, 0.4) is 0 Å². The van der Waals surface area contributed by atoms with Crippen LogP contribution in [0.2, 0.25) is 5.02 Å². The summed E-state index contributed by atoms with van der Waals surface area (Å²) in [5.74, 6) is -0.159. The molecule has 0 aliphatic rings. The fourth-order valence-corrected chi connectivity index (χ4v) is 1.62. The molecule has 0 fully saturated rings. The van der Waals surface area contributed by atoms with Crippen LogP contribution < -0.4 is 16.2 Å². The molecule has 0 aromatic carbocycles. The third-order valence-electron chi connectivity index (χ3n) is 2.40. The summed E-state index contributed by atoms with van der Waals surface area (Å²) in [7, 11) is 0. The van der Waals surface area contributed by atoms with E-state index >= 15 is 0 Å². The number of hydrogen-bond donors (Lipinski definition) is 2. The van der Waals surface area contributed by atoms with Gasteiger partial charge in [-0.2, -0.15) is 5.10 Å². The summed E-state index contributed by atoms with van der Waals surface area (Å²) in [4.78, 5) is 23.3. The van der Waals surface area contributed by atoms with E-state index in [1.54, 1.807) is 13.8 Å². The molecule has 1 atom stereocenters. The van der Waals surface area contributed by atoms with E-state index in [1.165, 1.54) is 10.9 Å². The lowest BCUT2D eigenvalue weighted by Gasteiger charge is -2.15. The molecule has 0 saturated heterocycles. The Kier molecular flexibility index (Phi) is 5.15. The molecule has 0 bridgehead atoms. The minimum absolute atomic E-state index is 0.0444. The third kappa shape index (κ3) is 3.22. The van der Waals surface area contributed by atoms with Crippen molar-refractivity contribution in [3.63, 3.8) is 0 Å². The van der Waals surface area contributed by atoms with Gasteiger partial charge in [-0.3, -0.25) is 9.59 Å². The predicted molar refractivity (Wildman–Crippen MR) is 70.9 cm³/mol. The fraction of sp³-hybridized carbons (Fsp3) is 0.545. The monoisotopic (exact) mass is 272 g/mol. The smallest absolute Gasteiger partial charge is 0.287 e. The number of halogens is 1. The molecule has 1 unspecified atom stereocenters. The van der Waals surface area contributed by atoms with Crippen LogP contribution in [0.5, 0.6) is 0 Å². The van der Waals surface area contributed by atoms with Gasteiger partial charge in [-0.05, 0) is 20.8 Å². The number of nitrogens with zero attached hydrogens (tertiary/aromatic N) is 2. The second kappa shape index (κ2) is 6.39. The highest BCUT2D eigenvalue weighted by Gasteiger charge is 2.15. The molecule has 100 valence electrons. The van der Waals surface area contributed by atoms with Gasteiger partial charge >= 0.3 is 0 Å². The quantitative estimate of drug-likeness (QED) is 0.833. The molecule has 0 aliphatic carbocycles. The van der Waals surface area contributed by atoms with E-state index in [9.17, 15) is 9.59 Å². The Morgan fingerprint density at radius 2 is 2.22 bits per heavy atom. The van der Waals surface area contributed by atoms with E-state index in [1.807, 2.05) is 6.92 Å². The summed E-state index contributed by atoms with van der Waals surface area (Å²) in [6, 6.07) is -0.485. The Morgan fingerprint density at radius 3 is 2.78 bits per heavy atom. The number of nitrogens with one attached hydrogen (secondary N) is 2. The van der Waals surface area contributed by atoms with Crippen molar-refractivity contribution in [2.75, 3.05) is 11.9 Å². The molecule has 0 saturated carbocycles. The number of amides is 1. The Morgan fingerprint density at radius 1 is 1.56 bits per heavy atom. The summed E-state index contributed by atoms with van der Waals surface area (Å²) in [5, 5.41) is 9.53. The minimum Gasteiger partial charge on any atom is -0.371 e. The van der Waals surface area contributed by atoms with Crippen molar-refractivity contribution in [1.29, 1.82) is 0 Å². The molecule has 1 rings (SSSR count). The molecule has 18 heavy (non-hydrogen) atoms. The maximum atomic E-state index is 11.7. The lowest BCUT2D eigenvalue weighted by Crippen LogP contribution is -2.38. The molecule has 0 aliphatic heterocycles. The predicted octanol–water partition coefficient (Wildman–Crippen LogP) is 0.853. The SMILES string of the molecule is CCNC(=O)C(C)Nc1cnn(CC)c(=O)c1Cl. The largest absolute Gasteiger partial charge is 0.371 e.